The van der Waals surface area contributed by atoms with Crippen LogP contribution < -0.4 is 5.32 Å². The first kappa shape index (κ1) is 16.5. The normalized spacial score (nSPS) is 11.4. The van der Waals surface area contributed by atoms with Gasteiger partial charge in [-0.25, -0.2) is 0 Å². The number of carbonyl (C=O) groups is 1. The molecule has 1 amide bonds. The zero-order valence-electron chi connectivity index (χ0n) is 12.6. The van der Waals surface area contributed by atoms with Crippen molar-refractivity contribution >= 4 is 5.91 Å². The molecule has 0 atom stereocenters. The number of benzene rings is 1. The maximum absolute atomic E-state index is 12.2. The van der Waals surface area contributed by atoms with Gasteiger partial charge in [-0.1, -0.05) is 25.5 Å². The highest BCUT2D eigenvalue weighted by molar-refractivity contribution is 5.97. The summed E-state index contributed by atoms with van der Waals surface area (Å²) in [6.07, 6.45) is 2.45. The minimum absolute atomic E-state index is 0.00569. The Kier molecular flexibility index (Phi) is 6.02. The fourth-order valence-corrected chi connectivity index (χ4v) is 2.37. The number of aromatic hydroxyl groups is 1. The number of rotatable bonds is 7. The van der Waals surface area contributed by atoms with E-state index in [4.69, 9.17) is 0 Å². The molecule has 0 fully saturated rings. The van der Waals surface area contributed by atoms with Gasteiger partial charge >= 0.3 is 0 Å². The molecule has 0 bridgehead atoms. The second-order valence-electron chi connectivity index (χ2n) is 5.38. The lowest BCUT2D eigenvalue weighted by Crippen LogP contribution is -2.37. The van der Waals surface area contributed by atoms with Gasteiger partial charge in [-0.05, 0) is 43.7 Å². The number of phenolic OH excluding ortho intramolecular Hbond substituents is 1. The van der Waals surface area contributed by atoms with Crippen LogP contribution in [0.2, 0.25) is 0 Å². The highest BCUT2D eigenvalue weighted by Gasteiger charge is 2.26. The van der Waals surface area contributed by atoms with Gasteiger partial charge in [0.05, 0.1) is 5.56 Å². The van der Waals surface area contributed by atoms with Crippen LogP contribution in [0.1, 0.15) is 49.0 Å². The molecule has 1 rings (SSSR count). The summed E-state index contributed by atoms with van der Waals surface area (Å²) in [5, 5.41) is 21.8. The van der Waals surface area contributed by atoms with E-state index in [0.29, 0.717) is 18.5 Å². The molecule has 0 saturated heterocycles. The maximum atomic E-state index is 12.2. The first-order chi connectivity index (χ1) is 9.48. The second kappa shape index (κ2) is 7.29. The predicted molar refractivity (Wildman–Crippen MR) is 79.9 cm³/mol. The molecule has 0 aliphatic rings. The molecule has 0 saturated carbocycles. The highest BCUT2D eigenvalue weighted by atomic mass is 16.3. The lowest BCUT2D eigenvalue weighted by molar-refractivity contribution is 0.0904. The largest absolute Gasteiger partial charge is 0.507 e. The molecule has 112 valence electrons. The van der Waals surface area contributed by atoms with Gasteiger partial charge in [0.25, 0.3) is 5.91 Å². The van der Waals surface area contributed by atoms with Crippen molar-refractivity contribution in [3.63, 3.8) is 0 Å². The predicted octanol–water partition coefficient (Wildman–Crippen LogP) is 2.62. The second-order valence-corrected chi connectivity index (χ2v) is 5.38. The van der Waals surface area contributed by atoms with Crippen LogP contribution in [0, 0.1) is 12.3 Å². The van der Waals surface area contributed by atoms with E-state index in [1.54, 1.807) is 12.1 Å². The Hall–Kier alpha value is -1.55. The molecular formula is C16H25NO3. The summed E-state index contributed by atoms with van der Waals surface area (Å²) >= 11 is 0. The quantitative estimate of drug-likeness (QED) is 0.718. The molecule has 0 unspecified atom stereocenters. The number of phenols is 1. The van der Waals surface area contributed by atoms with Gasteiger partial charge in [0.15, 0.2) is 0 Å². The monoisotopic (exact) mass is 279 g/mol. The molecule has 4 nitrogen and oxygen atoms in total. The summed E-state index contributed by atoms with van der Waals surface area (Å²) in [4.78, 5) is 12.2. The number of carbonyl (C=O) groups excluding carboxylic acids is 1. The van der Waals surface area contributed by atoms with Gasteiger partial charge in [-0.3, -0.25) is 4.79 Å². The summed E-state index contributed by atoms with van der Waals surface area (Å²) in [6, 6.07) is 4.97. The maximum Gasteiger partial charge on any atom is 0.255 e. The van der Waals surface area contributed by atoms with Crippen molar-refractivity contribution in [3.8, 4) is 5.75 Å². The molecule has 0 radical (unpaired) electrons. The number of aliphatic hydroxyl groups is 1. The van der Waals surface area contributed by atoms with Gasteiger partial charge < -0.3 is 15.5 Å². The first-order valence-electron chi connectivity index (χ1n) is 7.16. The number of hydrogen-bond acceptors (Lipinski definition) is 3. The number of hydrogen-bond donors (Lipinski definition) is 3. The molecule has 0 spiro atoms. The molecule has 0 aliphatic heterocycles. The van der Waals surface area contributed by atoms with E-state index in [1.165, 1.54) is 6.07 Å². The average Bonchev–Trinajstić information content (AvgIpc) is 2.46. The van der Waals surface area contributed by atoms with E-state index < -0.39 is 0 Å². The van der Waals surface area contributed by atoms with E-state index in [2.05, 4.69) is 19.2 Å². The van der Waals surface area contributed by atoms with Gasteiger partial charge in [0, 0.05) is 13.2 Å². The van der Waals surface area contributed by atoms with Crippen molar-refractivity contribution in [2.75, 3.05) is 13.2 Å². The van der Waals surface area contributed by atoms with Crippen molar-refractivity contribution in [1.82, 2.24) is 5.32 Å². The minimum atomic E-state index is -0.268. The molecule has 0 aromatic heterocycles. The third kappa shape index (κ3) is 3.97. The van der Waals surface area contributed by atoms with Crippen LogP contribution in [-0.2, 0) is 0 Å². The standard InChI is InChI=1S/C16H25NO3/c1-4-16(5-2,8-9-18)11-17-15(20)13-10-12(3)6-7-14(13)19/h6-7,10,18-19H,4-5,8-9,11H2,1-3H3,(H,17,20). The van der Waals surface area contributed by atoms with Crippen LogP contribution in [0.25, 0.3) is 0 Å². The number of aryl methyl sites for hydroxylation is 1. The fourth-order valence-electron chi connectivity index (χ4n) is 2.37. The molecule has 20 heavy (non-hydrogen) atoms. The Labute approximate surface area is 120 Å². The van der Waals surface area contributed by atoms with Crippen LogP contribution in [0.5, 0.6) is 5.75 Å². The van der Waals surface area contributed by atoms with Crippen LogP contribution >= 0.6 is 0 Å². The third-order valence-electron chi connectivity index (χ3n) is 4.16. The van der Waals surface area contributed by atoms with Crippen molar-refractivity contribution < 1.29 is 15.0 Å². The SMILES string of the molecule is CCC(CC)(CCO)CNC(=O)c1cc(C)ccc1O. The smallest absolute Gasteiger partial charge is 0.255 e. The number of aliphatic hydroxyl groups excluding tert-OH is 1. The lowest BCUT2D eigenvalue weighted by atomic mass is 9.79. The zero-order chi connectivity index (χ0) is 15.2. The molecular weight excluding hydrogens is 254 g/mol. The Morgan fingerprint density at radius 3 is 2.50 bits per heavy atom. The Morgan fingerprint density at radius 2 is 1.95 bits per heavy atom. The Balaban J connectivity index is 2.77. The van der Waals surface area contributed by atoms with E-state index in [1.807, 2.05) is 6.92 Å². The van der Waals surface area contributed by atoms with Crippen LogP contribution in [-0.4, -0.2) is 29.3 Å². The van der Waals surface area contributed by atoms with Crippen molar-refractivity contribution in [3.05, 3.63) is 29.3 Å². The molecule has 4 heteroatoms. The van der Waals surface area contributed by atoms with Crippen molar-refractivity contribution in [1.29, 1.82) is 0 Å². The topological polar surface area (TPSA) is 69.6 Å². The minimum Gasteiger partial charge on any atom is -0.507 e. The molecule has 0 heterocycles. The summed E-state index contributed by atoms with van der Waals surface area (Å²) < 4.78 is 0. The van der Waals surface area contributed by atoms with Crippen molar-refractivity contribution in [2.45, 2.75) is 40.0 Å². The Bertz CT molecular complexity index is 453. The van der Waals surface area contributed by atoms with E-state index >= 15 is 0 Å². The lowest BCUT2D eigenvalue weighted by Gasteiger charge is -2.31. The van der Waals surface area contributed by atoms with Crippen LogP contribution in [0.3, 0.4) is 0 Å². The molecule has 3 N–H and O–H groups in total. The zero-order valence-corrected chi connectivity index (χ0v) is 12.6. The Morgan fingerprint density at radius 1 is 1.30 bits per heavy atom. The molecule has 1 aromatic carbocycles. The van der Waals surface area contributed by atoms with Crippen LogP contribution in [0.4, 0.5) is 0 Å². The number of nitrogens with one attached hydrogen (secondary N) is 1. The molecule has 1 aromatic rings. The van der Waals surface area contributed by atoms with Gasteiger partial charge in [0.1, 0.15) is 5.75 Å². The van der Waals surface area contributed by atoms with E-state index in [-0.39, 0.29) is 23.7 Å². The molecule has 0 aliphatic carbocycles. The summed E-state index contributed by atoms with van der Waals surface area (Å²) in [5.74, 6) is -0.274. The van der Waals surface area contributed by atoms with E-state index in [0.717, 1.165) is 18.4 Å². The van der Waals surface area contributed by atoms with Gasteiger partial charge in [0.2, 0.25) is 0 Å². The summed E-state index contributed by atoms with van der Waals surface area (Å²) in [6.45, 7) is 6.63. The highest BCUT2D eigenvalue weighted by Crippen LogP contribution is 2.29. The first-order valence-corrected chi connectivity index (χ1v) is 7.16. The fraction of sp³-hybridized carbons (Fsp3) is 0.562. The average molecular weight is 279 g/mol. The van der Waals surface area contributed by atoms with Crippen LogP contribution in [0.15, 0.2) is 18.2 Å². The van der Waals surface area contributed by atoms with E-state index in [9.17, 15) is 15.0 Å². The van der Waals surface area contributed by atoms with Gasteiger partial charge in [-0.2, -0.15) is 0 Å². The number of amides is 1. The summed E-state index contributed by atoms with van der Waals surface area (Å²) in [7, 11) is 0. The summed E-state index contributed by atoms with van der Waals surface area (Å²) in [5.41, 5.74) is 1.15. The third-order valence-corrected chi connectivity index (χ3v) is 4.16. The van der Waals surface area contributed by atoms with Crippen molar-refractivity contribution in [2.24, 2.45) is 5.41 Å². The van der Waals surface area contributed by atoms with Gasteiger partial charge in [-0.15, -0.1) is 0 Å².